The molecule has 3 nitrogen and oxygen atoms in total. The number of halogens is 1. The number of nitrogens with zero attached hydrogens (tertiary/aromatic N) is 2. The van der Waals surface area contributed by atoms with Gasteiger partial charge < -0.3 is 5.73 Å². The van der Waals surface area contributed by atoms with Crippen LogP contribution in [0.25, 0.3) is 5.65 Å². The number of rotatable bonds is 1. The highest BCUT2D eigenvalue weighted by Gasteiger charge is 2.32. The molecule has 1 saturated carbocycles. The number of nitrogens with two attached hydrogens (primary N) is 1. The van der Waals surface area contributed by atoms with E-state index in [9.17, 15) is 0 Å². The second-order valence-corrected chi connectivity index (χ2v) is 8.29. The van der Waals surface area contributed by atoms with Crippen LogP contribution in [0.1, 0.15) is 58.1 Å². The van der Waals surface area contributed by atoms with E-state index in [2.05, 4.69) is 36.7 Å². The zero-order chi connectivity index (χ0) is 15.2. The van der Waals surface area contributed by atoms with Crippen LogP contribution in [-0.4, -0.2) is 9.38 Å². The minimum Gasteiger partial charge on any atom is -0.383 e. The van der Waals surface area contributed by atoms with Crippen molar-refractivity contribution in [3.8, 4) is 0 Å². The lowest BCUT2D eigenvalue weighted by Gasteiger charge is -2.36. The summed E-state index contributed by atoms with van der Waals surface area (Å²) >= 11 is 3.50. The van der Waals surface area contributed by atoms with Gasteiger partial charge in [0.05, 0.1) is 5.69 Å². The molecule has 1 aliphatic rings. The van der Waals surface area contributed by atoms with Crippen LogP contribution in [-0.2, 0) is 0 Å². The standard InChI is InChI=1S/C17H24BrN3/c1-17(2,3)12-6-4-11(5-7-12)15-16(19)21-10-13(18)8-9-14(21)20-15/h8-12H,4-7,19H2,1-3H3. The molecule has 0 amide bonds. The highest BCUT2D eigenvalue weighted by atomic mass is 79.9. The van der Waals surface area contributed by atoms with Crippen LogP contribution in [0.3, 0.4) is 0 Å². The van der Waals surface area contributed by atoms with E-state index in [0.29, 0.717) is 11.3 Å². The molecule has 0 radical (unpaired) electrons. The third kappa shape index (κ3) is 2.83. The van der Waals surface area contributed by atoms with Gasteiger partial charge in [-0.25, -0.2) is 4.98 Å². The SMILES string of the molecule is CC(C)(C)C1CCC(c2nc3ccc(Br)cn3c2N)CC1. The van der Waals surface area contributed by atoms with E-state index >= 15 is 0 Å². The average Bonchev–Trinajstić information content (AvgIpc) is 2.75. The van der Waals surface area contributed by atoms with Gasteiger partial charge in [-0.2, -0.15) is 0 Å². The van der Waals surface area contributed by atoms with Gasteiger partial charge in [0.25, 0.3) is 0 Å². The maximum absolute atomic E-state index is 6.34. The summed E-state index contributed by atoms with van der Waals surface area (Å²) in [6, 6.07) is 4.03. The van der Waals surface area contributed by atoms with E-state index < -0.39 is 0 Å². The smallest absolute Gasteiger partial charge is 0.138 e. The maximum atomic E-state index is 6.34. The van der Waals surface area contributed by atoms with E-state index in [4.69, 9.17) is 10.7 Å². The average molecular weight is 350 g/mol. The summed E-state index contributed by atoms with van der Waals surface area (Å²) in [5, 5.41) is 0. The molecule has 2 heterocycles. The van der Waals surface area contributed by atoms with Crippen LogP contribution in [0.15, 0.2) is 22.8 Å². The van der Waals surface area contributed by atoms with E-state index in [-0.39, 0.29) is 0 Å². The van der Waals surface area contributed by atoms with Gasteiger partial charge in [-0.3, -0.25) is 4.40 Å². The first-order valence-electron chi connectivity index (χ1n) is 7.79. The molecule has 1 aliphatic carbocycles. The molecule has 0 atom stereocenters. The Balaban J connectivity index is 1.84. The Labute approximate surface area is 135 Å². The van der Waals surface area contributed by atoms with E-state index in [1.165, 1.54) is 25.7 Å². The van der Waals surface area contributed by atoms with Gasteiger partial charge in [0.15, 0.2) is 0 Å². The van der Waals surface area contributed by atoms with Crippen molar-refractivity contribution in [3.63, 3.8) is 0 Å². The van der Waals surface area contributed by atoms with Crippen molar-refractivity contribution in [2.45, 2.75) is 52.4 Å². The highest BCUT2D eigenvalue weighted by Crippen LogP contribution is 2.44. The van der Waals surface area contributed by atoms with Gasteiger partial charge in [-0.1, -0.05) is 20.8 Å². The Morgan fingerprint density at radius 3 is 2.48 bits per heavy atom. The van der Waals surface area contributed by atoms with E-state index in [0.717, 1.165) is 27.5 Å². The fraction of sp³-hybridized carbons (Fsp3) is 0.588. The number of hydrogen-bond acceptors (Lipinski definition) is 2. The molecule has 3 rings (SSSR count). The number of hydrogen-bond donors (Lipinski definition) is 1. The molecule has 0 aliphatic heterocycles. The molecule has 0 saturated heterocycles. The summed E-state index contributed by atoms with van der Waals surface area (Å²) in [4.78, 5) is 4.78. The predicted molar refractivity (Wildman–Crippen MR) is 91.5 cm³/mol. The van der Waals surface area contributed by atoms with E-state index in [1.807, 2.05) is 22.7 Å². The van der Waals surface area contributed by atoms with Crippen LogP contribution in [0.5, 0.6) is 0 Å². The molecule has 21 heavy (non-hydrogen) atoms. The first kappa shape index (κ1) is 14.9. The first-order chi connectivity index (χ1) is 9.86. The van der Waals surface area contributed by atoms with Gasteiger partial charge in [0.1, 0.15) is 11.5 Å². The first-order valence-corrected chi connectivity index (χ1v) is 8.58. The van der Waals surface area contributed by atoms with Crippen molar-refractivity contribution < 1.29 is 0 Å². The highest BCUT2D eigenvalue weighted by molar-refractivity contribution is 9.10. The number of pyridine rings is 1. The van der Waals surface area contributed by atoms with Crippen molar-refractivity contribution in [3.05, 3.63) is 28.5 Å². The maximum Gasteiger partial charge on any atom is 0.138 e. The van der Waals surface area contributed by atoms with Crippen LogP contribution in [0, 0.1) is 11.3 Å². The molecule has 2 aromatic heterocycles. The molecule has 4 heteroatoms. The van der Waals surface area contributed by atoms with Crippen molar-refractivity contribution in [2.75, 3.05) is 5.73 Å². The van der Waals surface area contributed by atoms with Crippen LogP contribution >= 0.6 is 15.9 Å². The molecule has 2 N–H and O–H groups in total. The van der Waals surface area contributed by atoms with Crippen molar-refractivity contribution in [1.29, 1.82) is 0 Å². The van der Waals surface area contributed by atoms with Gasteiger partial charge in [0, 0.05) is 16.6 Å². The van der Waals surface area contributed by atoms with Crippen LogP contribution in [0.4, 0.5) is 5.82 Å². The third-order valence-corrected chi connectivity index (χ3v) is 5.46. The number of anilines is 1. The van der Waals surface area contributed by atoms with Gasteiger partial charge in [-0.05, 0) is 65.1 Å². The van der Waals surface area contributed by atoms with Gasteiger partial charge in [-0.15, -0.1) is 0 Å². The summed E-state index contributed by atoms with van der Waals surface area (Å²) in [7, 11) is 0. The van der Waals surface area contributed by atoms with Gasteiger partial charge >= 0.3 is 0 Å². The quantitative estimate of drug-likeness (QED) is 0.787. The summed E-state index contributed by atoms with van der Waals surface area (Å²) < 4.78 is 3.03. The molecule has 114 valence electrons. The lowest BCUT2D eigenvalue weighted by Crippen LogP contribution is -2.25. The zero-order valence-corrected chi connectivity index (χ0v) is 14.7. The Kier molecular flexibility index (Phi) is 3.76. The largest absolute Gasteiger partial charge is 0.383 e. The zero-order valence-electron chi connectivity index (χ0n) is 13.1. The second kappa shape index (κ2) is 5.31. The fourth-order valence-electron chi connectivity index (χ4n) is 3.59. The summed E-state index contributed by atoms with van der Waals surface area (Å²) in [5.41, 5.74) is 8.80. The fourth-order valence-corrected chi connectivity index (χ4v) is 3.93. The third-order valence-electron chi connectivity index (χ3n) is 4.99. The minimum absolute atomic E-state index is 0.417. The van der Waals surface area contributed by atoms with Crippen molar-refractivity contribution in [1.82, 2.24) is 9.38 Å². The van der Waals surface area contributed by atoms with Gasteiger partial charge in [0.2, 0.25) is 0 Å². The number of fused-ring (bicyclic) bond motifs is 1. The molecule has 0 spiro atoms. The molecular weight excluding hydrogens is 326 g/mol. The van der Waals surface area contributed by atoms with Crippen molar-refractivity contribution >= 4 is 27.4 Å². The monoisotopic (exact) mass is 349 g/mol. The Morgan fingerprint density at radius 1 is 1.19 bits per heavy atom. The van der Waals surface area contributed by atoms with E-state index in [1.54, 1.807) is 0 Å². The Hall–Kier alpha value is -1.03. The Morgan fingerprint density at radius 2 is 1.86 bits per heavy atom. The topological polar surface area (TPSA) is 43.3 Å². The number of aromatic nitrogens is 2. The van der Waals surface area contributed by atoms with Crippen molar-refractivity contribution in [2.24, 2.45) is 11.3 Å². The lowest BCUT2D eigenvalue weighted by molar-refractivity contribution is 0.168. The number of imidazole rings is 1. The summed E-state index contributed by atoms with van der Waals surface area (Å²) in [5.74, 6) is 2.15. The molecule has 0 bridgehead atoms. The second-order valence-electron chi connectivity index (χ2n) is 7.37. The molecule has 2 aromatic rings. The van der Waals surface area contributed by atoms with Crippen LogP contribution < -0.4 is 5.73 Å². The van der Waals surface area contributed by atoms with Crippen LogP contribution in [0.2, 0.25) is 0 Å². The normalized spacial score (nSPS) is 23.6. The molecular formula is C17H24BrN3. The predicted octanol–water partition coefficient (Wildman–Crippen LogP) is 5.00. The lowest BCUT2D eigenvalue weighted by atomic mass is 9.69. The Bertz CT molecular complexity index is 646. The molecule has 0 aromatic carbocycles. The molecule has 1 fully saturated rings. The minimum atomic E-state index is 0.417. The summed E-state index contributed by atoms with van der Waals surface area (Å²) in [6.45, 7) is 7.07. The number of nitrogen functional groups attached to an aromatic ring is 1. The molecule has 0 unspecified atom stereocenters. The summed E-state index contributed by atoms with van der Waals surface area (Å²) in [6.07, 6.45) is 6.98.